The fourth-order valence-corrected chi connectivity index (χ4v) is 1.57. The summed E-state index contributed by atoms with van der Waals surface area (Å²) in [6, 6.07) is 4.85. The minimum Gasteiger partial charge on any atom is -0.398 e. The number of benzene rings is 1. The summed E-state index contributed by atoms with van der Waals surface area (Å²) in [4.78, 5) is 2.11. The fourth-order valence-electron chi connectivity index (χ4n) is 1.57. The first-order valence-electron chi connectivity index (χ1n) is 5.72. The normalized spacial score (nSPS) is 11.4. The largest absolute Gasteiger partial charge is 0.398 e. The molecule has 1 aromatic rings. The molecule has 0 aliphatic carbocycles. The highest BCUT2D eigenvalue weighted by molar-refractivity contribution is 5.47. The van der Waals surface area contributed by atoms with Crippen LogP contribution in [-0.2, 0) is 6.54 Å². The molecule has 0 aliphatic rings. The molecule has 0 amide bonds. The molecule has 0 saturated heterocycles. The van der Waals surface area contributed by atoms with Gasteiger partial charge in [-0.15, -0.1) is 0 Å². The Kier molecular flexibility index (Phi) is 4.74. The van der Waals surface area contributed by atoms with E-state index in [1.54, 1.807) is 12.1 Å². The number of nitrogen functional groups attached to an aromatic ring is 1. The maximum Gasteiger partial charge on any atom is 0.129 e. The summed E-state index contributed by atoms with van der Waals surface area (Å²) in [5, 5.41) is 0. The molecule has 0 saturated carbocycles. The van der Waals surface area contributed by atoms with Gasteiger partial charge in [0.05, 0.1) is 0 Å². The summed E-state index contributed by atoms with van der Waals surface area (Å²) >= 11 is 0. The molecule has 0 fully saturated rings. The van der Waals surface area contributed by atoms with Crippen LogP contribution in [0.25, 0.3) is 0 Å². The molecule has 0 aliphatic heterocycles. The second-order valence-electron chi connectivity index (χ2n) is 4.73. The van der Waals surface area contributed by atoms with Gasteiger partial charge in [-0.1, -0.05) is 19.9 Å². The molecule has 90 valence electrons. The molecular formula is C13H21FN2. The summed E-state index contributed by atoms with van der Waals surface area (Å²) in [5.41, 5.74) is 6.90. The van der Waals surface area contributed by atoms with Crippen LogP contribution >= 0.6 is 0 Å². The van der Waals surface area contributed by atoms with Crippen LogP contribution in [0.1, 0.15) is 25.8 Å². The van der Waals surface area contributed by atoms with E-state index >= 15 is 0 Å². The topological polar surface area (TPSA) is 29.3 Å². The van der Waals surface area contributed by atoms with Crippen molar-refractivity contribution in [3.05, 3.63) is 29.6 Å². The van der Waals surface area contributed by atoms with E-state index in [-0.39, 0.29) is 5.82 Å². The van der Waals surface area contributed by atoms with Crippen LogP contribution < -0.4 is 5.73 Å². The molecule has 16 heavy (non-hydrogen) atoms. The van der Waals surface area contributed by atoms with E-state index in [4.69, 9.17) is 5.73 Å². The van der Waals surface area contributed by atoms with E-state index in [0.717, 1.165) is 13.0 Å². The van der Waals surface area contributed by atoms with Gasteiger partial charge in [0.25, 0.3) is 0 Å². The molecule has 0 radical (unpaired) electrons. The highest BCUT2D eigenvalue weighted by Gasteiger charge is 2.09. The Labute approximate surface area is 97.3 Å². The zero-order chi connectivity index (χ0) is 12.1. The highest BCUT2D eigenvalue weighted by Crippen LogP contribution is 2.17. The number of rotatable bonds is 5. The Bertz CT molecular complexity index is 316. The molecule has 2 nitrogen and oxygen atoms in total. The monoisotopic (exact) mass is 224 g/mol. The highest BCUT2D eigenvalue weighted by atomic mass is 19.1. The van der Waals surface area contributed by atoms with E-state index in [0.29, 0.717) is 23.7 Å². The molecule has 0 bridgehead atoms. The Morgan fingerprint density at radius 2 is 2.06 bits per heavy atom. The van der Waals surface area contributed by atoms with Crippen LogP contribution in [-0.4, -0.2) is 18.5 Å². The van der Waals surface area contributed by atoms with Crippen LogP contribution in [0.15, 0.2) is 18.2 Å². The van der Waals surface area contributed by atoms with Gasteiger partial charge in [-0.3, -0.25) is 0 Å². The van der Waals surface area contributed by atoms with E-state index in [2.05, 4.69) is 18.7 Å². The van der Waals surface area contributed by atoms with Crippen molar-refractivity contribution in [1.29, 1.82) is 0 Å². The van der Waals surface area contributed by atoms with Gasteiger partial charge in [0.2, 0.25) is 0 Å². The fraction of sp³-hybridized carbons (Fsp3) is 0.538. The molecule has 0 spiro atoms. The van der Waals surface area contributed by atoms with Crippen molar-refractivity contribution in [2.45, 2.75) is 26.8 Å². The van der Waals surface area contributed by atoms with Crippen LogP contribution in [0.3, 0.4) is 0 Å². The molecule has 0 unspecified atom stereocenters. The molecule has 0 atom stereocenters. The van der Waals surface area contributed by atoms with Crippen molar-refractivity contribution in [2.24, 2.45) is 5.92 Å². The first-order chi connectivity index (χ1) is 7.50. The van der Waals surface area contributed by atoms with Crippen molar-refractivity contribution in [1.82, 2.24) is 4.90 Å². The second-order valence-corrected chi connectivity index (χ2v) is 4.73. The maximum atomic E-state index is 13.5. The third-order valence-corrected chi connectivity index (χ3v) is 2.67. The molecule has 2 N–H and O–H groups in total. The van der Waals surface area contributed by atoms with Crippen molar-refractivity contribution in [3.63, 3.8) is 0 Å². The van der Waals surface area contributed by atoms with E-state index in [9.17, 15) is 4.39 Å². The molecule has 0 heterocycles. The standard InChI is InChI=1S/C13H21FN2/c1-10(2)7-8-16(3)9-11-12(14)5-4-6-13(11)15/h4-6,10H,7-9,15H2,1-3H3. The van der Waals surface area contributed by atoms with Crippen molar-refractivity contribution < 1.29 is 4.39 Å². The number of halogens is 1. The zero-order valence-corrected chi connectivity index (χ0v) is 10.3. The minimum absolute atomic E-state index is 0.212. The van der Waals surface area contributed by atoms with Gasteiger partial charge in [-0.2, -0.15) is 0 Å². The Balaban J connectivity index is 2.59. The van der Waals surface area contributed by atoms with E-state index < -0.39 is 0 Å². The van der Waals surface area contributed by atoms with Gasteiger partial charge in [-0.25, -0.2) is 4.39 Å². The number of hydrogen-bond acceptors (Lipinski definition) is 2. The van der Waals surface area contributed by atoms with Crippen molar-refractivity contribution >= 4 is 5.69 Å². The average Bonchev–Trinajstić information content (AvgIpc) is 2.21. The third kappa shape index (κ3) is 3.81. The predicted molar refractivity (Wildman–Crippen MR) is 66.6 cm³/mol. The summed E-state index contributed by atoms with van der Waals surface area (Å²) in [5.74, 6) is 0.455. The molecule has 1 rings (SSSR count). The lowest BCUT2D eigenvalue weighted by atomic mass is 10.1. The average molecular weight is 224 g/mol. The number of nitrogens with two attached hydrogens (primary N) is 1. The first-order valence-corrected chi connectivity index (χ1v) is 5.72. The molecule has 3 heteroatoms. The van der Waals surface area contributed by atoms with Crippen LogP contribution in [0.4, 0.5) is 10.1 Å². The number of hydrogen-bond donors (Lipinski definition) is 1. The van der Waals surface area contributed by atoms with Gasteiger partial charge < -0.3 is 10.6 Å². The zero-order valence-electron chi connectivity index (χ0n) is 10.3. The summed E-state index contributed by atoms with van der Waals surface area (Å²) in [6.07, 6.45) is 1.12. The van der Waals surface area contributed by atoms with Crippen molar-refractivity contribution in [3.8, 4) is 0 Å². The lowest BCUT2D eigenvalue weighted by molar-refractivity contribution is 0.299. The van der Waals surface area contributed by atoms with E-state index in [1.807, 2.05) is 7.05 Å². The maximum absolute atomic E-state index is 13.5. The van der Waals surface area contributed by atoms with E-state index in [1.165, 1.54) is 6.07 Å². The number of anilines is 1. The molecule has 0 aromatic heterocycles. The van der Waals surface area contributed by atoms with Crippen LogP contribution in [0.2, 0.25) is 0 Å². The lowest BCUT2D eigenvalue weighted by Crippen LogP contribution is -2.21. The Hall–Kier alpha value is -1.09. The first kappa shape index (κ1) is 13.0. The van der Waals surface area contributed by atoms with Gasteiger partial charge in [-0.05, 0) is 38.1 Å². The summed E-state index contributed by atoms with van der Waals surface area (Å²) < 4.78 is 13.5. The summed E-state index contributed by atoms with van der Waals surface area (Å²) in [7, 11) is 1.99. The number of nitrogens with zero attached hydrogens (tertiary/aromatic N) is 1. The smallest absolute Gasteiger partial charge is 0.129 e. The molecular weight excluding hydrogens is 203 g/mol. The predicted octanol–water partition coefficient (Wildman–Crippen LogP) is 2.89. The SMILES string of the molecule is CC(C)CCN(C)Cc1c(N)cccc1F. The Morgan fingerprint density at radius 1 is 1.38 bits per heavy atom. The third-order valence-electron chi connectivity index (χ3n) is 2.67. The molecule has 1 aromatic carbocycles. The van der Waals surface area contributed by atoms with Gasteiger partial charge in [0.1, 0.15) is 5.82 Å². The summed E-state index contributed by atoms with van der Waals surface area (Å²) in [6.45, 7) is 5.91. The Morgan fingerprint density at radius 3 is 2.62 bits per heavy atom. The second kappa shape index (κ2) is 5.85. The van der Waals surface area contributed by atoms with Gasteiger partial charge >= 0.3 is 0 Å². The van der Waals surface area contributed by atoms with Crippen LogP contribution in [0, 0.1) is 11.7 Å². The van der Waals surface area contributed by atoms with Gasteiger partial charge in [0.15, 0.2) is 0 Å². The van der Waals surface area contributed by atoms with Crippen LogP contribution in [0.5, 0.6) is 0 Å². The quantitative estimate of drug-likeness (QED) is 0.779. The van der Waals surface area contributed by atoms with Crippen molar-refractivity contribution in [2.75, 3.05) is 19.3 Å². The minimum atomic E-state index is -0.212. The lowest BCUT2D eigenvalue weighted by Gasteiger charge is -2.19. The van der Waals surface area contributed by atoms with Gasteiger partial charge in [0, 0.05) is 17.8 Å².